The molecule has 0 amide bonds. The first-order chi connectivity index (χ1) is 18.1. The zero-order chi connectivity index (χ0) is 27.6. The van der Waals surface area contributed by atoms with Gasteiger partial charge in [-0.2, -0.15) is 23.4 Å². The first-order valence-electron chi connectivity index (χ1n) is 13.1. The van der Waals surface area contributed by atoms with Gasteiger partial charge in [-0.15, -0.1) is 0 Å². The Morgan fingerprint density at radius 2 is 1.71 bits per heavy atom. The Labute approximate surface area is 220 Å². The number of hydrogen-bond acceptors (Lipinski definition) is 6. The fourth-order valence-corrected chi connectivity index (χ4v) is 5.49. The number of hydrogen-bond donors (Lipinski definition) is 0. The van der Waals surface area contributed by atoms with Gasteiger partial charge in [-0.05, 0) is 49.1 Å². The highest BCUT2D eigenvalue weighted by atomic mass is 19.4. The van der Waals surface area contributed by atoms with E-state index >= 15 is 0 Å². The average Bonchev–Trinajstić information content (AvgIpc) is 2.92. The Balaban J connectivity index is 1.74. The highest BCUT2D eigenvalue weighted by molar-refractivity contribution is 5.86. The molecule has 1 fully saturated rings. The van der Waals surface area contributed by atoms with Gasteiger partial charge in [-0.25, -0.2) is 9.78 Å². The molecule has 1 aliphatic heterocycles. The highest BCUT2D eigenvalue weighted by Crippen LogP contribution is 2.37. The Morgan fingerprint density at radius 1 is 1.03 bits per heavy atom. The summed E-state index contributed by atoms with van der Waals surface area (Å²) in [6.07, 6.45) is -1.08. The van der Waals surface area contributed by atoms with Crippen LogP contribution >= 0.6 is 0 Å². The lowest BCUT2D eigenvalue weighted by atomic mass is 9.93. The van der Waals surface area contributed by atoms with Gasteiger partial charge in [0.1, 0.15) is 17.3 Å². The molecule has 3 atom stereocenters. The third-order valence-corrected chi connectivity index (χ3v) is 7.59. The van der Waals surface area contributed by atoms with Crippen LogP contribution in [0.5, 0.6) is 0 Å². The third-order valence-electron chi connectivity index (χ3n) is 7.59. The van der Waals surface area contributed by atoms with Crippen molar-refractivity contribution in [1.82, 2.24) is 19.4 Å². The average molecular weight is 527 g/mol. The molecule has 0 N–H and O–H groups in total. The predicted molar refractivity (Wildman–Crippen MR) is 141 cm³/mol. The summed E-state index contributed by atoms with van der Waals surface area (Å²) in [5.41, 5.74) is 1.21. The second-order valence-electron chi connectivity index (χ2n) is 9.85. The van der Waals surface area contributed by atoms with Crippen LogP contribution in [0.25, 0.3) is 11.0 Å². The van der Waals surface area contributed by atoms with E-state index < -0.39 is 17.4 Å². The van der Waals surface area contributed by atoms with Crippen LogP contribution in [0.3, 0.4) is 0 Å². The fourth-order valence-electron chi connectivity index (χ4n) is 5.49. The third kappa shape index (κ3) is 5.25. The molecular weight excluding hydrogens is 493 g/mol. The van der Waals surface area contributed by atoms with Crippen molar-refractivity contribution in [3.63, 3.8) is 0 Å². The molecule has 0 radical (unpaired) electrons. The highest BCUT2D eigenvalue weighted by Gasteiger charge is 2.38. The van der Waals surface area contributed by atoms with Gasteiger partial charge in [0.15, 0.2) is 5.82 Å². The van der Waals surface area contributed by atoms with Gasteiger partial charge in [-0.3, -0.25) is 9.47 Å². The lowest BCUT2D eigenvalue weighted by Gasteiger charge is -2.50. The van der Waals surface area contributed by atoms with Crippen molar-refractivity contribution in [1.29, 1.82) is 5.26 Å². The summed E-state index contributed by atoms with van der Waals surface area (Å²) in [6.45, 7) is 7.51. The summed E-state index contributed by atoms with van der Waals surface area (Å²) in [7, 11) is 1.64. The number of halogens is 3. The van der Waals surface area contributed by atoms with Crippen molar-refractivity contribution in [3.8, 4) is 6.07 Å². The van der Waals surface area contributed by atoms with Gasteiger partial charge in [0.2, 0.25) is 0 Å². The molecule has 0 unspecified atom stereocenters. The SMILES string of the molecule is CCC[C@@H](c1ccc(C(F)(F)F)cc1)N1C[C@H](CC)N(c2nc(=O)n(C)c3ccc(C#N)nc23)C[C@H]1CC. The van der Waals surface area contributed by atoms with Gasteiger partial charge in [0, 0.05) is 38.3 Å². The Kier molecular flexibility index (Phi) is 8.07. The van der Waals surface area contributed by atoms with E-state index in [-0.39, 0.29) is 23.8 Å². The van der Waals surface area contributed by atoms with Gasteiger partial charge in [-0.1, -0.05) is 39.3 Å². The minimum absolute atomic E-state index is 0.00181. The molecule has 1 aliphatic rings. The molecule has 3 heterocycles. The molecule has 0 saturated carbocycles. The van der Waals surface area contributed by atoms with Crippen LogP contribution in [-0.4, -0.2) is 44.6 Å². The van der Waals surface area contributed by atoms with Crippen LogP contribution < -0.4 is 10.6 Å². The molecule has 1 aromatic carbocycles. The lowest BCUT2D eigenvalue weighted by Crippen LogP contribution is -2.59. The van der Waals surface area contributed by atoms with Crippen molar-refractivity contribution >= 4 is 16.9 Å². The van der Waals surface area contributed by atoms with Crippen LogP contribution in [0.2, 0.25) is 0 Å². The second kappa shape index (κ2) is 11.1. The summed E-state index contributed by atoms with van der Waals surface area (Å²) in [4.78, 5) is 26.2. The van der Waals surface area contributed by atoms with E-state index in [1.165, 1.54) is 16.7 Å². The minimum atomic E-state index is -4.37. The molecule has 202 valence electrons. The summed E-state index contributed by atoms with van der Waals surface area (Å²) in [5, 5.41) is 9.43. The molecule has 2 aromatic heterocycles. The molecule has 0 spiro atoms. The quantitative estimate of drug-likeness (QED) is 0.408. The van der Waals surface area contributed by atoms with Crippen LogP contribution in [0.1, 0.15) is 69.3 Å². The summed E-state index contributed by atoms with van der Waals surface area (Å²) >= 11 is 0. The normalized spacial score (nSPS) is 19.5. The van der Waals surface area contributed by atoms with E-state index in [0.29, 0.717) is 29.9 Å². The molecule has 0 bridgehead atoms. The predicted octanol–water partition coefficient (Wildman–Crippen LogP) is 5.44. The molecular formula is C28H33F3N6O. The lowest BCUT2D eigenvalue weighted by molar-refractivity contribution is -0.137. The van der Waals surface area contributed by atoms with Gasteiger partial charge < -0.3 is 4.90 Å². The van der Waals surface area contributed by atoms with Crippen molar-refractivity contribution < 1.29 is 13.2 Å². The number of pyridine rings is 1. The summed E-state index contributed by atoms with van der Waals surface area (Å²) < 4.78 is 41.0. The van der Waals surface area contributed by atoms with E-state index in [9.17, 15) is 23.2 Å². The largest absolute Gasteiger partial charge is 0.416 e. The maximum atomic E-state index is 13.2. The van der Waals surface area contributed by atoms with Gasteiger partial charge in [0.05, 0.1) is 11.1 Å². The zero-order valence-electron chi connectivity index (χ0n) is 22.2. The molecule has 7 nitrogen and oxygen atoms in total. The van der Waals surface area contributed by atoms with Crippen LogP contribution in [-0.2, 0) is 13.2 Å². The standard InChI is InChI=1S/C28H33F3N6O/c1-5-8-23(18-9-11-19(12-10-18)28(29,30)31)36-16-22(7-3)37(17-21(36)6-2)26-25-24(35(4)27(38)34-26)14-13-20(15-32)33-25/h9-14,21-23H,5-8,16-17H2,1-4H3/t21-,22+,23+/m1/s1. The van der Waals surface area contributed by atoms with Crippen LogP contribution in [0, 0.1) is 11.3 Å². The van der Waals surface area contributed by atoms with Crippen LogP contribution in [0.4, 0.5) is 19.0 Å². The van der Waals surface area contributed by atoms with E-state index in [2.05, 4.69) is 46.6 Å². The topological polar surface area (TPSA) is 78.0 Å². The van der Waals surface area contributed by atoms with Crippen LogP contribution in [0.15, 0.2) is 41.2 Å². The maximum absolute atomic E-state index is 13.2. The molecule has 0 aliphatic carbocycles. The molecule has 10 heteroatoms. The molecule has 3 aromatic rings. The van der Waals surface area contributed by atoms with Crippen molar-refractivity contribution in [2.45, 2.75) is 70.8 Å². The number of rotatable bonds is 7. The number of aromatic nitrogens is 3. The number of alkyl halides is 3. The van der Waals surface area contributed by atoms with Crippen molar-refractivity contribution in [2.24, 2.45) is 7.05 Å². The van der Waals surface area contributed by atoms with Crippen molar-refractivity contribution in [2.75, 3.05) is 18.0 Å². The maximum Gasteiger partial charge on any atom is 0.416 e. The number of benzene rings is 1. The van der Waals surface area contributed by atoms with Gasteiger partial charge in [0.25, 0.3) is 0 Å². The van der Waals surface area contributed by atoms with E-state index in [4.69, 9.17) is 0 Å². The summed E-state index contributed by atoms with van der Waals surface area (Å²) in [5.74, 6) is 0.478. The molecule has 1 saturated heterocycles. The Bertz CT molecular complexity index is 1380. The minimum Gasteiger partial charge on any atom is -0.349 e. The number of nitriles is 1. The molecule has 38 heavy (non-hydrogen) atoms. The second-order valence-corrected chi connectivity index (χ2v) is 9.85. The number of nitrogens with zero attached hydrogens (tertiary/aromatic N) is 6. The number of anilines is 1. The number of aryl methyl sites for hydroxylation is 1. The first kappa shape index (κ1) is 27.6. The Morgan fingerprint density at radius 3 is 2.29 bits per heavy atom. The van der Waals surface area contributed by atoms with E-state index in [1.807, 2.05) is 0 Å². The first-order valence-corrected chi connectivity index (χ1v) is 13.1. The molecule has 4 rings (SSSR count). The van der Waals surface area contributed by atoms with E-state index in [0.717, 1.165) is 31.2 Å². The zero-order valence-corrected chi connectivity index (χ0v) is 22.2. The summed E-state index contributed by atoms with van der Waals surface area (Å²) in [6, 6.07) is 11.0. The Hall–Kier alpha value is -3.45. The number of fused-ring (bicyclic) bond motifs is 1. The van der Waals surface area contributed by atoms with E-state index in [1.54, 1.807) is 31.3 Å². The fraction of sp³-hybridized carbons (Fsp3) is 0.500. The monoisotopic (exact) mass is 526 g/mol. The number of piperazine rings is 1. The smallest absolute Gasteiger partial charge is 0.349 e. The van der Waals surface area contributed by atoms with Crippen molar-refractivity contribution in [3.05, 3.63) is 63.7 Å². The van der Waals surface area contributed by atoms with Gasteiger partial charge >= 0.3 is 11.9 Å².